The van der Waals surface area contributed by atoms with Crippen LogP contribution in [-0.2, 0) is 4.79 Å². The van der Waals surface area contributed by atoms with E-state index in [0.29, 0.717) is 35.8 Å². The van der Waals surface area contributed by atoms with Gasteiger partial charge in [0.2, 0.25) is 5.95 Å². The lowest BCUT2D eigenvalue weighted by Crippen LogP contribution is -2.36. The van der Waals surface area contributed by atoms with Gasteiger partial charge in [-0.05, 0) is 29.5 Å². The molecule has 0 saturated carbocycles. The van der Waals surface area contributed by atoms with E-state index in [4.69, 9.17) is 0 Å². The second kappa shape index (κ2) is 6.83. The van der Waals surface area contributed by atoms with Gasteiger partial charge in [0.05, 0.1) is 4.92 Å². The molecule has 1 aromatic carbocycles. The molecular formula is C22H20N6O3. The van der Waals surface area contributed by atoms with Crippen molar-refractivity contribution in [1.82, 2.24) is 19.7 Å². The first-order chi connectivity index (χ1) is 14.8. The van der Waals surface area contributed by atoms with E-state index in [2.05, 4.69) is 34.2 Å². The molecule has 1 atom stereocenters. The molecule has 3 heterocycles. The molecule has 3 aromatic rings. The molecule has 0 amide bonds. The van der Waals surface area contributed by atoms with Gasteiger partial charge < -0.3 is 5.32 Å². The van der Waals surface area contributed by atoms with Gasteiger partial charge in [0.1, 0.15) is 6.04 Å². The summed E-state index contributed by atoms with van der Waals surface area (Å²) < 4.78 is 1.65. The highest BCUT2D eigenvalue weighted by molar-refractivity contribution is 6.00. The van der Waals surface area contributed by atoms with Crippen molar-refractivity contribution in [1.29, 1.82) is 0 Å². The van der Waals surface area contributed by atoms with Crippen molar-refractivity contribution in [3.8, 4) is 11.4 Å². The van der Waals surface area contributed by atoms with Gasteiger partial charge in [-0.25, -0.2) is 4.68 Å². The number of Topliss-reactive ketones (excluding diaryl/α,β-unsaturated/α-hetero) is 1. The Bertz CT molecular complexity index is 1250. The van der Waals surface area contributed by atoms with Crippen LogP contribution in [0.5, 0.6) is 0 Å². The first-order valence-electron chi connectivity index (χ1n) is 9.97. The third kappa shape index (κ3) is 3.27. The van der Waals surface area contributed by atoms with Crippen molar-refractivity contribution in [3.63, 3.8) is 0 Å². The number of hydrogen-bond acceptors (Lipinski definition) is 7. The quantitative estimate of drug-likeness (QED) is 0.508. The van der Waals surface area contributed by atoms with E-state index in [1.165, 1.54) is 12.1 Å². The lowest BCUT2D eigenvalue weighted by atomic mass is 9.73. The first kappa shape index (κ1) is 19.1. The van der Waals surface area contributed by atoms with Gasteiger partial charge in [-0.2, -0.15) is 4.98 Å². The first-order valence-corrected chi connectivity index (χ1v) is 9.97. The van der Waals surface area contributed by atoms with Gasteiger partial charge in [0.25, 0.3) is 5.69 Å². The van der Waals surface area contributed by atoms with Crippen LogP contribution in [0, 0.1) is 15.5 Å². The van der Waals surface area contributed by atoms with E-state index in [1.54, 1.807) is 35.3 Å². The number of nitro benzene ring substituents is 1. The number of ketones is 1. The molecule has 2 aliphatic rings. The number of aromatic nitrogens is 4. The van der Waals surface area contributed by atoms with Crippen LogP contribution in [0.2, 0.25) is 0 Å². The molecule has 2 aromatic heterocycles. The number of anilines is 1. The number of nitro groups is 1. The van der Waals surface area contributed by atoms with Gasteiger partial charge in [-0.3, -0.25) is 19.9 Å². The van der Waals surface area contributed by atoms with Crippen LogP contribution in [0.1, 0.15) is 38.3 Å². The Labute approximate surface area is 178 Å². The Morgan fingerprint density at radius 2 is 2.06 bits per heavy atom. The zero-order valence-corrected chi connectivity index (χ0v) is 17.1. The Balaban J connectivity index is 1.70. The molecule has 5 rings (SSSR count). The Kier molecular flexibility index (Phi) is 4.21. The summed E-state index contributed by atoms with van der Waals surface area (Å²) >= 11 is 0. The topological polar surface area (TPSA) is 116 Å². The molecule has 156 valence electrons. The highest BCUT2D eigenvalue weighted by Gasteiger charge is 2.42. The number of carbonyl (C=O) groups excluding carboxylic acids is 1. The summed E-state index contributed by atoms with van der Waals surface area (Å²) in [5.41, 5.74) is 2.54. The Hall–Kier alpha value is -3.88. The molecule has 0 bridgehead atoms. The van der Waals surface area contributed by atoms with Crippen molar-refractivity contribution < 1.29 is 9.72 Å². The summed E-state index contributed by atoms with van der Waals surface area (Å²) in [6.07, 6.45) is 4.42. The van der Waals surface area contributed by atoms with Gasteiger partial charge in [0.15, 0.2) is 11.6 Å². The lowest BCUT2D eigenvalue weighted by Gasteiger charge is -2.38. The maximum Gasteiger partial charge on any atom is 0.269 e. The van der Waals surface area contributed by atoms with Crippen molar-refractivity contribution in [2.24, 2.45) is 5.41 Å². The molecule has 1 aliphatic carbocycles. The van der Waals surface area contributed by atoms with Crippen molar-refractivity contribution in [3.05, 3.63) is 75.7 Å². The van der Waals surface area contributed by atoms with E-state index >= 15 is 0 Å². The zero-order valence-electron chi connectivity index (χ0n) is 17.1. The fourth-order valence-electron chi connectivity index (χ4n) is 4.34. The second-order valence-corrected chi connectivity index (χ2v) is 8.66. The third-order valence-electron chi connectivity index (χ3n) is 5.65. The molecule has 9 heteroatoms. The van der Waals surface area contributed by atoms with Crippen LogP contribution >= 0.6 is 0 Å². The van der Waals surface area contributed by atoms with E-state index in [0.717, 1.165) is 11.3 Å². The largest absolute Gasteiger partial charge is 0.328 e. The zero-order chi connectivity index (χ0) is 21.8. The monoisotopic (exact) mass is 416 g/mol. The number of nitrogens with zero attached hydrogens (tertiary/aromatic N) is 5. The van der Waals surface area contributed by atoms with Gasteiger partial charge in [-0.1, -0.05) is 26.0 Å². The summed E-state index contributed by atoms with van der Waals surface area (Å²) in [6.45, 7) is 4.11. The molecular weight excluding hydrogens is 396 g/mol. The van der Waals surface area contributed by atoms with Gasteiger partial charge >= 0.3 is 0 Å². The standard InChI is InChI=1S/C22H20N6O3/c1-22(2)10-16-18(17(29)11-22)19(13-5-3-7-15(9-13)28(30)31)27-21(24-16)25-20(26-27)14-6-4-8-23-12-14/h3-9,12,19H,10-11H2,1-2H3,(H,24,25,26). The number of carbonyl (C=O) groups is 1. The summed E-state index contributed by atoms with van der Waals surface area (Å²) in [5.74, 6) is 0.983. The van der Waals surface area contributed by atoms with Crippen LogP contribution in [0.25, 0.3) is 11.4 Å². The van der Waals surface area contributed by atoms with E-state index in [1.807, 2.05) is 6.07 Å². The average molecular weight is 416 g/mol. The minimum atomic E-state index is -0.590. The van der Waals surface area contributed by atoms with Crippen molar-refractivity contribution in [2.45, 2.75) is 32.7 Å². The van der Waals surface area contributed by atoms with E-state index < -0.39 is 11.0 Å². The predicted octanol–water partition coefficient (Wildman–Crippen LogP) is 3.91. The normalized spacial score (nSPS) is 19.4. The maximum atomic E-state index is 13.2. The molecule has 0 spiro atoms. The summed E-state index contributed by atoms with van der Waals surface area (Å²) in [5, 5.41) is 19.3. The van der Waals surface area contributed by atoms with Crippen molar-refractivity contribution >= 4 is 17.4 Å². The highest BCUT2D eigenvalue weighted by Crippen LogP contribution is 2.46. The molecule has 31 heavy (non-hydrogen) atoms. The summed E-state index contributed by atoms with van der Waals surface area (Å²) in [7, 11) is 0. The molecule has 1 N–H and O–H groups in total. The van der Waals surface area contributed by atoms with E-state index in [-0.39, 0.29) is 16.9 Å². The van der Waals surface area contributed by atoms with E-state index in [9.17, 15) is 14.9 Å². The number of allylic oxidation sites excluding steroid dienone is 2. The molecule has 0 fully saturated rings. The highest BCUT2D eigenvalue weighted by atomic mass is 16.6. The van der Waals surface area contributed by atoms with Crippen LogP contribution < -0.4 is 5.32 Å². The minimum Gasteiger partial charge on any atom is -0.328 e. The smallest absolute Gasteiger partial charge is 0.269 e. The molecule has 0 radical (unpaired) electrons. The van der Waals surface area contributed by atoms with Crippen LogP contribution in [0.4, 0.5) is 11.6 Å². The van der Waals surface area contributed by atoms with Crippen LogP contribution in [-0.4, -0.2) is 30.5 Å². The Morgan fingerprint density at radius 1 is 1.23 bits per heavy atom. The molecule has 0 saturated heterocycles. The number of fused-ring (bicyclic) bond motifs is 1. The number of non-ortho nitro benzene ring substituents is 1. The number of pyridine rings is 1. The van der Waals surface area contributed by atoms with Crippen molar-refractivity contribution in [2.75, 3.05) is 5.32 Å². The molecule has 9 nitrogen and oxygen atoms in total. The third-order valence-corrected chi connectivity index (χ3v) is 5.65. The average Bonchev–Trinajstić information content (AvgIpc) is 3.15. The molecule has 1 unspecified atom stereocenters. The fraction of sp³-hybridized carbons (Fsp3) is 0.273. The number of benzene rings is 1. The SMILES string of the molecule is CC1(C)CC(=O)C2=C(C1)Nc1nc(-c3cccnc3)nn1C2c1cccc([N+](=O)[O-])c1. The van der Waals surface area contributed by atoms with Crippen LogP contribution in [0.15, 0.2) is 60.1 Å². The van der Waals surface area contributed by atoms with Gasteiger partial charge in [0, 0.05) is 47.8 Å². The fourth-order valence-corrected chi connectivity index (χ4v) is 4.34. The lowest BCUT2D eigenvalue weighted by molar-refractivity contribution is -0.384. The van der Waals surface area contributed by atoms with Gasteiger partial charge in [-0.15, -0.1) is 5.10 Å². The number of hydrogen-bond donors (Lipinski definition) is 1. The Morgan fingerprint density at radius 3 is 2.81 bits per heavy atom. The number of nitrogens with one attached hydrogen (secondary N) is 1. The predicted molar refractivity (Wildman–Crippen MR) is 113 cm³/mol. The second-order valence-electron chi connectivity index (χ2n) is 8.66. The summed E-state index contributed by atoms with van der Waals surface area (Å²) in [6, 6.07) is 9.43. The van der Waals surface area contributed by atoms with Crippen LogP contribution in [0.3, 0.4) is 0 Å². The number of rotatable bonds is 3. The minimum absolute atomic E-state index is 0.0133. The summed E-state index contributed by atoms with van der Waals surface area (Å²) in [4.78, 5) is 32.9. The maximum absolute atomic E-state index is 13.2. The molecule has 1 aliphatic heterocycles.